The van der Waals surface area contributed by atoms with Gasteiger partial charge in [0.1, 0.15) is 11.9 Å². The van der Waals surface area contributed by atoms with Gasteiger partial charge in [0.25, 0.3) is 5.92 Å². The Balaban J connectivity index is 2.90. The lowest BCUT2D eigenvalue weighted by molar-refractivity contribution is -0.0714. The van der Waals surface area contributed by atoms with Crippen molar-refractivity contribution in [3.63, 3.8) is 0 Å². The van der Waals surface area contributed by atoms with Gasteiger partial charge in [-0.1, -0.05) is 37.5 Å². The van der Waals surface area contributed by atoms with Gasteiger partial charge in [-0.2, -0.15) is 8.78 Å². The summed E-state index contributed by atoms with van der Waals surface area (Å²) in [4.78, 5) is 0. The van der Waals surface area contributed by atoms with Crippen LogP contribution in [0.1, 0.15) is 11.7 Å². The van der Waals surface area contributed by atoms with Crippen LogP contribution in [0.15, 0.2) is 36.0 Å². The number of alkyl halides is 2. The van der Waals surface area contributed by atoms with E-state index < -0.39 is 20.1 Å². The molecule has 0 saturated carbocycles. The quantitative estimate of drug-likeness (QED) is 0.834. The highest BCUT2D eigenvalue weighted by Gasteiger charge is 2.37. The number of aliphatic hydroxyl groups excluding tert-OH is 1. The van der Waals surface area contributed by atoms with Crippen molar-refractivity contribution in [2.24, 2.45) is 0 Å². The van der Waals surface area contributed by atoms with Crippen molar-refractivity contribution < 1.29 is 18.6 Å². The average molecular weight is 286 g/mol. The van der Waals surface area contributed by atoms with Gasteiger partial charge in [0.15, 0.2) is 0 Å². The molecule has 106 valence electrons. The third kappa shape index (κ3) is 4.76. The number of ether oxygens (including phenoxy) is 1. The lowest BCUT2D eigenvalue weighted by atomic mass is 10.0. The smallest absolute Gasteiger partial charge is 0.295 e. The first-order chi connectivity index (χ1) is 8.65. The second kappa shape index (κ2) is 5.84. The number of rotatable bonds is 5. The van der Waals surface area contributed by atoms with Crippen molar-refractivity contribution in [3.8, 4) is 5.75 Å². The van der Waals surface area contributed by atoms with E-state index in [0.717, 1.165) is 6.08 Å². The van der Waals surface area contributed by atoms with Gasteiger partial charge in [0.05, 0.1) is 15.2 Å². The fraction of sp³-hybridized carbons (Fsp3) is 0.429. The highest BCUT2D eigenvalue weighted by Crippen LogP contribution is 2.33. The van der Waals surface area contributed by atoms with E-state index in [1.807, 2.05) is 19.6 Å². The fourth-order valence-corrected chi connectivity index (χ4v) is 2.18. The Labute approximate surface area is 113 Å². The normalized spacial score (nSPS) is 14.7. The van der Waals surface area contributed by atoms with E-state index in [-0.39, 0.29) is 5.56 Å². The monoisotopic (exact) mass is 286 g/mol. The van der Waals surface area contributed by atoms with E-state index in [4.69, 9.17) is 4.74 Å². The van der Waals surface area contributed by atoms with Gasteiger partial charge in [0, 0.05) is 0 Å². The largest absolute Gasteiger partial charge is 0.497 e. The second-order valence-corrected chi connectivity index (χ2v) is 10.6. The van der Waals surface area contributed by atoms with Crippen LogP contribution < -0.4 is 4.74 Å². The van der Waals surface area contributed by atoms with Gasteiger partial charge < -0.3 is 9.84 Å². The van der Waals surface area contributed by atoms with Gasteiger partial charge in [-0.3, -0.25) is 0 Å². The maximum atomic E-state index is 13.9. The van der Waals surface area contributed by atoms with Crippen LogP contribution in [-0.4, -0.2) is 26.2 Å². The summed E-state index contributed by atoms with van der Waals surface area (Å²) < 4.78 is 32.7. The Morgan fingerprint density at radius 2 is 1.74 bits per heavy atom. The molecule has 0 heterocycles. The predicted octanol–water partition coefficient (Wildman–Crippen LogP) is 3.80. The number of methoxy groups -OCH3 is 1. The molecular formula is C14H20F2O2Si. The van der Waals surface area contributed by atoms with E-state index in [1.54, 1.807) is 17.8 Å². The van der Waals surface area contributed by atoms with Crippen LogP contribution in [0.3, 0.4) is 0 Å². The number of hydrogen-bond acceptors (Lipinski definition) is 2. The van der Waals surface area contributed by atoms with Crippen LogP contribution in [0.4, 0.5) is 8.78 Å². The maximum Gasteiger partial charge on any atom is 0.295 e. The molecule has 2 nitrogen and oxygen atoms in total. The van der Waals surface area contributed by atoms with Crippen LogP contribution in [0.25, 0.3) is 0 Å². The molecule has 1 unspecified atom stereocenters. The van der Waals surface area contributed by atoms with Crippen LogP contribution >= 0.6 is 0 Å². The lowest BCUT2D eigenvalue weighted by Gasteiger charge is -2.21. The number of hydrogen-bond donors (Lipinski definition) is 1. The van der Waals surface area contributed by atoms with Crippen LogP contribution in [0, 0.1) is 0 Å². The van der Waals surface area contributed by atoms with E-state index >= 15 is 0 Å². The Hall–Kier alpha value is -1.20. The van der Waals surface area contributed by atoms with E-state index in [1.165, 1.54) is 19.2 Å². The Morgan fingerprint density at radius 3 is 2.16 bits per heavy atom. The minimum absolute atomic E-state index is 0.172. The van der Waals surface area contributed by atoms with E-state index in [9.17, 15) is 13.9 Å². The number of benzene rings is 1. The van der Waals surface area contributed by atoms with Gasteiger partial charge in [-0.25, -0.2) is 0 Å². The highest BCUT2D eigenvalue weighted by molar-refractivity contribution is 6.80. The minimum atomic E-state index is -3.27. The zero-order valence-corrected chi connectivity index (χ0v) is 12.7. The first-order valence-corrected chi connectivity index (χ1v) is 9.64. The van der Waals surface area contributed by atoms with Crippen LogP contribution in [0.5, 0.6) is 5.75 Å². The Kier molecular flexibility index (Phi) is 4.87. The standard InChI is InChI=1S/C14H20F2O2Si/c1-18-12-7-5-11(6-8-12)13(17)14(15,16)9-10-19(2,3)4/h5-10,13,17H,1-4H3/b10-9+. The van der Waals surface area contributed by atoms with Gasteiger partial charge in [-0.05, 0) is 23.8 Å². The zero-order valence-electron chi connectivity index (χ0n) is 11.7. The predicted molar refractivity (Wildman–Crippen MR) is 75.4 cm³/mol. The molecule has 0 aliphatic rings. The summed E-state index contributed by atoms with van der Waals surface area (Å²) in [5.74, 6) is -2.70. The molecule has 0 aliphatic heterocycles. The van der Waals surface area contributed by atoms with Crippen molar-refractivity contribution in [3.05, 3.63) is 41.6 Å². The molecule has 0 bridgehead atoms. The molecule has 1 aromatic carbocycles. The van der Waals surface area contributed by atoms with Crippen molar-refractivity contribution in [1.29, 1.82) is 0 Å². The van der Waals surface area contributed by atoms with E-state index in [2.05, 4.69) is 0 Å². The molecule has 1 aromatic rings. The first kappa shape index (κ1) is 15.9. The summed E-state index contributed by atoms with van der Waals surface area (Å²) >= 11 is 0. The topological polar surface area (TPSA) is 29.5 Å². The zero-order chi connectivity index (χ0) is 14.7. The Bertz CT molecular complexity index is 436. The fourth-order valence-electron chi connectivity index (χ4n) is 1.46. The SMILES string of the molecule is COc1ccc(C(O)C(F)(F)/C=C/[Si](C)(C)C)cc1. The molecule has 5 heteroatoms. The molecule has 1 rings (SSSR count). The lowest BCUT2D eigenvalue weighted by Crippen LogP contribution is -2.26. The van der Waals surface area contributed by atoms with Gasteiger partial charge >= 0.3 is 0 Å². The number of halogens is 2. The summed E-state index contributed by atoms with van der Waals surface area (Å²) in [7, 11) is -0.223. The Morgan fingerprint density at radius 1 is 1.21 bits per heavy atom. The van der Waals surface area contributed by atoms with E-state index in [0.29, 0.717) is 5.75 Å². The highest BCUT2D eigenvalue weighted by atomic mass is 28.3. The van der Waals surface area contributed by atoms with Crippen molar-refractivity contribution in [1.82, 2.24) is 0 Å². The number of aliphatic hydroxyl groups is 1. The van der Waals surface area contributed by atoms with Crippen molar-refractivity contribution in [2.75, 3.05) is 7.11 Å². The van der Waals surface area contributed by atoms with Crippen molar-refractivity contribution >= 4 is 8.07 Å². The molecule has 0 aromatic heterocycles. The summed E-state index contributed by atoms with van der Waals surface area (Å²) in [6.07, 6.45) is -1.01. The third-order valence-electron chi connectivity index (χ3n) is 2.60. The minimum Gasteiger partial charge on any atom is -0.497 e. The average Bonchev–Trinajstić information content (AvgIpc) is 2.35. The van der Waals surface area contributed by atoms with Gasteiger partial charge in [-0.15, -0.1) is 0 Å². The summed E-state index contributed by atoms with van der Waals surface area (Å²) in [5, 5.41) is 9.78. The molecular weight excluding hydrogens is 266 g/mol. The molecule has 0 fully saturated rings. The third-order valence-corrected chi connectivity index (χ3v) is 3.77. The molecule has 0 aliphatic carbocycles. The molecule has 0 spiro atoms. The van der Waals surface area contributed by atoms with Crippen molar-refractivity contribution in [2.45, 2.75) is 31.7 Å². The second-order valence-electron chi connectivity index (χ2n) is 5.55. The molecule has 1 atom stereocenters. The molecule has 0 amide bonds. The molecule has 0 radical (unpaired) electrons. The van der Waals surface area contributed by atoms with Crippen LogP contribution in [0.2, 0.25) is 19.6 Å². The summed E-state index contributed by atoms with van der Waals surface area (Å²) in [6.45, 7) is 5.87. The molecule has 0 saturated heterocycles. The van der Waals surface area contributed by atoms with Crippen LogP contribution in [-0.2, 0) is 0 Å². The summed E-state index contributed by atoms with van der Waals surface area (Å²) in [6, 6.07) is 5.99. The summed E-state index contributed by atoms with van der Waals surface area (Å²) in [5.41, 5.74) is 1.71. The first-order valence-electron chi connectivity index (χ1n) is 6.06. The molecule has 1 N–H and O–H groups in total. The maximum absolute atomic E-state index is 13.9. The van der Waals surface area contributed by atoms with Gasteiger partial charge in [0.2, 0.25) is 0 Å². The molecule has 19 heavy (non-hydrogen) atoms.